The first-order chi connectivity index (χ1) is 11.5. The van der Waals surface area contributed by atoms with Gasteiger partial charge in [-0.2, -0.15) is 5.10 Å². The Labute approximate surface area is 141 Å². The number of rotatable bonds is 4. The molecule has 126 valence electrons. The van der Waals surface area contributed by atoms with E-state index in [9.17, 15) is 9.59 Å². The minimum Gasteiger partial charge on any atom is -0.334 e. The Morgan fingerprint density at radius 3 is 2.75 bits per heavy atom. The van der Waals surface area contributed by atoms with Gasteiger partial charge in [0, 0.05) is 36.2 Å². The third kappa shape index (κ3) is 3.48. The van der Waals surface area contributed by atoms with Crippen molar-refractivity contribution >= 4 is 17.6 Å². The van der Waals surface area contributed by atoms with Crippen LogP contribution >= 0.6 is 0 Å². The normalized spacial score (nSPS) is 13.7. The highest BCUT2D eigenvalue weighted by atomic mass is 16.2. The zero-order valence-corrected chi connectivity index (χ0v) is 14.0. The maximum Gasteiger partial charge on any atom is 0.254 e. The number of H-pyrrole nitrogens is 1. The van der Waals surface area contributed by atoms with E-state index < -0.39 is 0 Å². The van der Waals surface area contributed by atoms with E-state index in [0.29, 0.717) is 37.3 Å². The molecule has 3 rings (SSSR count). The van der Waals surface area contributed by atoms with Crippen LogP contribution in [0.2, 0.25) is 0 Å². The second-order valence-corrected chi connectivity index (χ2v) is 6.52. The van der Waals surface area contributed by atoms with Gasteiger partial charge in [0.1, 0.15) is 0 Å². The van der Waals surface area contributed by atoms with Crippen molar-refractivity contribution in [3.05, 3.63) is 47.2 Å². The number of aromatic nitrogens is 2. The van der Waals surface area contributed by atoms with Crippen molar-refractivity contribution in [3.63, 3.8) is 0 Å². The topological polar surface area (TPSA) is 78.1 Å². The molecule has 1 aliphatic rings. The minimum atomic E-state index is -0.0502. The van der Waals surface area contributed by atoms with Gasteiger partial charge in [-0.05, 0) is 18.1 Å². The van der Waals surface area contributed by atoms with Gasteiger partial charge in [0.05, 0.1) is 6.54 Å². The lowest BCUT2D eigenvalue weighted by atomic mass is 10.1. The first kappa shape index (κ1) is 16.2. The van der Waals surface area contributed by atoms with Crippen LogP contribution in [0.25, 0.3) is 0 Å². The number of fused-ring (bicyclic) bond motifs is 1. The summed E-state index contributed by atoms with van der Waals surface area (Å²) in [4.78, 5) is 26.4. The van der Waals surface area contributed by atoms with Crippen LogP contribution in [-0.4, -0.2) is 33.5 Å². The largest absolute Gasteiger partial charge is 0.334 e. The highest BCUT2D eigenvalue weighted by Crippen LogP contribution is 2.25. The predicted octanol–water partition coefficient (Wildman–Crippen LogP) is 2.59. The molecule has 0 radical (unpaired) electrons. The number of nitrogens with one attached hydrogen (secondary N) is 2. The van der Waals surface area contributed by atoms with Crippen LogP contribution in [0, 0.1) is 5.92 Å². The summed E-state index contributed by atoms with van der Waals surface area (Å²) in [5.74, 6) is 0.782. The molecule has 2 heterocycles. The lowest BCUT2D eigenvalue weighted by Gasteiger charge is -2.27. The molecule has 0 atom stereocenters. The predicted molar refractivity (Wildman–Crippen MR) is 91.6 cm³/mol. The SMILES string of the molecule is CC(C)CC(=O)Nc1n[nH]c2c1CN(C(=O)c1ccccc1)CC2. The third-order valence-corrected chi connectivity index (χ3v) is 4.09. The van der Waals surface area contributed by atoms with Crippen molar-refractivity contribution in [1.29, 1.82) is 0 Å². The second-order valence-electron chi connectivity index (χ2n) is 6.52. The third-order valence-electron chi connectivity index (χ3n) is 4.09. The maximum atomic E-state index is 12.6. The Kier molecular flexibility index (Phi) is 4.64. The maximum absolute atomic E-state index is 12.6. The summed E-state index contributed by atoms with van der Waals surface area (Å²) >= 11 is 0. The van der Waals surface area contributed by atoms with E-state index in [1.165, 1.54) is 0 Å². The molecule has 6 heteroatoms. The Balaban J connectivity index is 1.74. The molecule has 0 unspecified atom stereocenters. The van der Waals surface area contributed by atoms with Gasteiger partial charge in [-0.3, -0.25) is 14.7 Å². The van der Waals surface area contributed by atoms with Crippen LogP contribution in [0.4, 0.5) is 5.82 Å². The van der Waals surface area contributed by atoms with Gasteiger partial charge in [0.2, 0.25) is 5.91 Å². The standard InChI is InChI=1S/C18H22N4O2/c1-12(2)10-16(23)19-17-14-11-22(9-8-15(14)20-21-17)18(24)13-6-4-3-5-7-13/h3-7,12H,8-11H2,1-2H3,(H2,19,20,21,23). The zero-order valence-electron chi connectivity index (χ0n) is 14.0. The molecule has 1 aromatic carbocycles. The molecule has 24 heavy (non-hydrogen) atoms. The number of carbonyl (C=O) groups is 2. The first-order valence-electron chi connectivity index (χ1n) is 8.25. The summed E-state index contributed by atoms with van der Waals surface area (Å²) in [5, 5.41) is 10.1. The number of aromatic amines is 1. The molecule has 1 aromatic heterocycles. The summed E-state index contributed by atoms with van der Waals surface area (Å²) in [6.45, 7) is 5.10. The average molecular weight is 326 g/mol. The Hall–Kier alpha value is -2.63. The molecule has 6 nitrogen and oxygen atoms in total. The fraction of sp³-hybridized carbons (Fsp3) is 0.389. The van der Waals surface area contributed by atoms with E-state index in [0.717, 1.165) is 11.3 Å². The van der Waals surface area contributed by atoms with Crippen LogP contribution in [0.5, 0.6) is 0 Å². The molecule has 0 bridgehead atoms. The van der Waals surface area contributed by atoms with Crippen LogP contribution in [0.15, 0.2) is 30.3 Å². The Bertz CT molecular complexity index is 737. The smallest absolute Gasteiger partial charge is 0.254 e. The van der Waals surface area contributed by atoms with Crippen molar-refractivity contribution in [3.8, 4) is 0 Å². The van der Waals surface area contributed by atoms with Crippen molar-refractivity contribution in [2.24, 2.45) is 5.92 Å². The van der Waals surface area contributed by atoms with Gasteiger partial charge >= 0.3 is 0 Å². The van der Waals surface area contributed by atoms with Crippen LogP contribution in [0.3, 0.4) is 0 Å². The first-order valence-corrected chi connectivity index (χ1v) is 8.25. The van der Waals surface area contributed by atoms with E-state index in [-0.39, 0.29) is 17.7 Å². The van der Waals surface area contributed by atoms with Crippen LogP contribution in [-0.2, 0) is 17.8 Å². The van der Waals surface area contributed by atoms with Crippen molar-refractivity contribution < 1.29 is 9.59 Å². The number of anilines is 1. The number of amides is 2. The van der Waals surface area contributed by atoms with Gasteiger partial charge in [0.25, 0.3) is 5.91 Å². The van der Waals surface area contributed by atoms with Crippen LogP contribution < -0.4 is 5.32 Å². The van der Waals surface area contributed by atoms with Gasteiger partial charge in [-0.15, -0.1) is 0 Å². The summed E-state index contributed by atoms with van der Waals surface area (Å²) in [6, 6.07) is 9.25. The van der Waals surface area contributed by atoms with Crippen LogP contribution in [0.1, 0.15) is 41.9 Å². The molecule has 2 amide bonds. The molecular weight excluding hydrogens is 304 g/mol. The van der Waals surface area contributed by atoms with Crippen molar-refractivity contribution in [2.75, 3.05) is 11.9 Å². The number of benzene rings is 1. The highest BCUT2D eigenvalue weighted by molar-refractivity contribution is 5.95. The number of nitrogens with zero attached hydrogens (tertiary/aromatic N) is 2. The van der Waals surface area contributed by atoms with Gasteiger partial charge in [0.15, 0.2) is 5.82 Å². The number of carbonyl (C=O) groups excluding carboxylic acids is 2. The highest BCUT2D eigenvalue weighted by Gasteiger charge is 2.26. The fourth-order valence-corrected chi connectivity index (χ4v) is 2.89. The lowest BCUT2D eigenvalue weighted by Crippen LogP contribution is -2.36. The molecule has 0 saturated heterocycles. The molecule has 0 saturated carbocycles. The number of hydrogen-bond acceptors (Lipinski definition) is 3. The summed E-state index contributed by atoms with van der Waals surface area (Å²) in [5.41, 5.74) is 2.57. The number of hydrogen-bond donors (Lipinski definition) is 2. The van der Waals surface area contributed by atoms with E-state index in [4.69, 9.17) is 0 Å². The molecule has 2 aromatic rings. The Morgan fingerprint density at radius 1 is 1.29 bits per heavy atom. The summed E-state index contributed by atoms with van der Waals surface area (Å²) in [7, 11) is 0. The van der Waals surface area contributed by atoms with E-state index in [1.807, 2.05) is 44.2 Å². The van der Waals surface area contributed by atoms with Gasteiger partial charge in [-0.25, -0.2) is 0 Å². The Morgan fingerprint density at radius 2 is 2.04 bits per heavy atom. The molecule has 1 aliphatic heterocycles. The second kappa shape index (κ2) is 6.86. The summed E-state index contributed by atoms with van der Waals surface area (Å²) in [6.07, 6.45) is 1.16. The van der Waals surface area contributed by atoms with E-state index >= 15 is 0 Å². The molecule has 0 spiro atoms. The zero-order chi connectivity index (χ0) is 17.1. The van der Waals surface area contributed by atoms with Crippen molar-refractivity contribution in [2.45, 2.75) is 33.2 Å². The van der Waals surface area contributed by atoms with Crippen molar-refractivity contribution in [1.82, 2.24) is 15.1 Å². The minimum absolute atomic E-state index is 0.00177. The molecule has 0 fully saturated rings. The van der Waals surface area contributed by atoms with E-state index in [2.05, 4.69) is 15.5 Å². The quantitative estimate of drug-likeness (QED) is 0.906. The average Bonchev–Trinajstić information content (AvgIpc) is 2.96. The van der Waals surface area contributed by atoms with Gasteiger partial charge in [-0.1, -0.05) is 32.0 Å². The monoisotopic (exact) mass is 326 g/mol. The lowest BCUT2D eigenvalue weighted by molar-refractivity contribution is -0.116. The fourth-order valence-electron chi connectivity index (χ4n) is 2.89. The molecule has 0 aliphatic carbocycles. The van der Waals surface area contributed by atoms with Gasteiger partial charge < -0.3 is 10.2 Å². The molecular formula is C18H22N4O2. The summed E-state index contributed by atoms with van der Waals surface area (Å²) < 4.78 is 0. The molecule has 2 N–H and O–H groups in total. The van der Waals surface area contributed by atoms with E-state index in [1.54, 1.807) is 4.90 Å².